The molecule has 7 nitrogen and oxygen atoms in total. The first-order valence-corrected chi connectivity index (χ1v) is 7.69. The zero-order chi connectivity index (χ0) is 15.8. The lowest BCUT2D eigenvalue weighted by atomic mass is 10.0. The zero-order valence-corrected chi connectivity index (χ0v) is 12.9. The van der Waals surface area contributed by atoms with Crippen LogP contribution in [0.1, 0.15) is 17.9 Å². The maximum absolute atomic E-state index is 8.83. The Morgan fingerprint density at radius 1 is 1.48 bits per heavy atom. The lowest BCUT2D eigenvalue weighted by Gasteiger charge is -2.32. The van der Waals surface area contributed by atoms with Crippen LogP contribution in [0, 0.1) is 11.3 Å². The summed E-state index contributed by atoms with van der Waals surface area (Å²) >= 11 is 0. The first-order valence-electron chi connectivity index (χ1n) is 7.69. The lowest BCUT2D eigenvalue weighted by molar-refractivity contribution is 0.448. The Morgan fingerprint density at radius 3 is 3.26 bits per heavy atom. The molecule has 0 bridgehead atoms. The third-order valence-corrected chi connectivity index (χ3v) is 4.51. The number of aromatic amines is 1. The van der Waals surface area contributed by atoms with Crippen LogP contribution in [0.15, 0.2) is 24.8 Å². The number of nitriles is 1. The van der Waals surface area contributed by atoms with Crippen LogP contribution in [0.3, 0.4) is 0 Å². The normalized spacial score (nSPS) is 17.0. The number of aryl methyl sites for hydroxylation is 1. The van der Waals surface area contributed by atoms with Crippen molar-refractivity contribution in [3.05, 3.63) is 36.3 Å². The first kappa shape index (κ1) is 13.8. The van der Waals surface area contributed by atoms with Gasteiger partial charge in [-0.1, -0.05) is 0 Å². The average Bonchev–Trinajstić information content (AvgIpc) is 3.19. The molecule has 4 rings (SSSR count). The Morgan fingerprint density at radius 2 is 2.39 bits per heavy atom. The number of likely N-dealkylation sites (N-methyl/N-ethyl adjacent to an activating group) is 1. The van der Waals surface area contributed by atoms with Gasteiger partial charge in [0.2, 0.25) is 0 Å². The molecule has 1 N–H and O–H groups in total. The number of imidazole rings is 1. The van der Waals surface area contributed by atoms with Crippen molar-refractivity contribution in [1.29, 1.82) is 5.26 Å². The predicted octanol–water partition coefficient (Wildman–Crippen LogP) is 1.67. The molecule has 0 saturated carbocycles. The molecule has 0 unspecified atom stereocenters. The second-order valence-corrected chi connectivity index (χ2v) is 5.87. The summed E-state index contributed by atoms with van der Waals surface area (Å²) in [6.45, 7) is 0.921. The number of aromatic nitrogens is 5. The molecule has 116 valence electrons. The van der Waals surface area contributed by atoms with Crippen molar-refractivity contribution in [3.8, 4) is 6.07 Å². The molecule has 3 aromatic heterocycles. The predicted molar refractivity (Wildman–Crippen MR) is 85.9 cm³/mol. The van der Waals surface area contributed by atoms with E-state index in [1.54, 1.807) is 6.33 Å². The summed E-state index contributed by atoms with van der Waals surface area (Å²) in [5.74, 6) is 2.00. The monoisotopic (exact) mass is 307 g/mol. The van der Waals surface area contributed by atoms with E-state index < -0.39 is 0 Å². The molecule has 0 saturated heterocycles. The summed E-state index contributed by atoms with van der Waals surface area (Å²) < 4.78 is 2.17. The van der Waals surface area contributed by atoms with Crippen molar-refractivity contribution in [2.24, 2.45) is 0 Å². The molecular weight excluding hydrogens is 290 g/mol. The van der Waals surface area contributed by atoms with E-state index in [1.807, 2.05) is 18.5 Å². The van der Waals surface area contributed by atoms with Gasteiger partial charge in [0.15, 0.2) is 0 Å². The third-order valence-electron chi connectivity index (χ3n) is 4.51. The highest BCUT2D eigenvalue weighted by Crippen LogP contribution is 2.27. The molecule has 0 aliphatic carbocycles. The number of rotatable bonds is 3. The van der Waals surface area contributed by atoms with Gasteiger partial charge in [0, 0.05) is 38.4 Å². The number of nitrogens with zero attached hydrogens (tertiary/aromatic N) is 6. The number of H-pyrrole nitrogens is 1. The fourth-order valence-electron chi connectivity index (χ4n) is 3.28. The summed E-state index contributed by atoms with van der Waals surface area (Å²) in [5, 5.41) is 9.86. The van der Waals surface area contributed by atoms with Gasteiger partial charge >= 0.3 is 0 Å². The Hall–Kier alpha value is -2.88. The minimum absolute atomic E-state index is 0.341. The summed E-state index contributed by atoms with van der Waals surface area (Å²) in [6, 6.07) is 4.51. The van der Waals surface area contributed by atoms with Crippen molar-refractivity contribution in [1.82, 2.24) is 24.5 Å². The molecule has 4 heterocycles. The standard InChI is InChI=1S/C16H17N7/c1-22(16-13-3-6-18-15(13)19-10-20-16)12-4-7-23-9-11(2-5-17)21-14(23)8-12/h3,6,9-10,12H,2,4,7-8H2,1H3,(H,18,19,20)/t12-/m0/s1. The van der Waals surface area contributed by atoms with Gasteiger partial charge in [-0.15, -0.1) is 0 Å². The summed E-state index contributed by atoms with van der Waals surface area (Å²) in [6.07, 6.45) is 7.75. The fraction of sp³-hybridized carbons (Fsp3) is 0.375. The third kappa shape index (κ3) is 2.32. The van der Waals surface area contributed by atoms with Gasteiger partial charge in [0.1, 0.15) is 23.6 Å². The molecule has 0 radical (unpaired) electrons. The highest BCUT2D eigenvalue weighted by Gasteiger charge is 2.25. The molecule has 1 atom stereocenters. The van der Waals surface area contributed by atoms with E-state index in [0.717, 1.165) is 47.8 Å². The van der Waals surface area contributed by atoms with E-state index >= 15 is 0 Å². The van der Waals surface area contributed by atoms with Crippen LogP contribution in [-0.4, -0.2) is 37.6 Å². The maximum atomic E-state index is 8.83. The number of fused-ring (bicyclic) bond motifs is 2. The molecular formula is C16H17N7. The van der Waals surface area contributed by atoms with Gasteiger partial charge < -0.3 is 14.5 Å². The van der Waals surface area contributed by atoms with Gasteiger partial charge in [0.25, 0.3) is 0 Å². The lowest BCUT2D eigenvalue weighted by Crippen LogP contribution is -2.38. The van der Waals surface area contributed by atoms with Crippen molar-refractivity contribution >= 4 is 16.9 Å². The number of hydrogen-bond acceptors (Lipinski definition) is 5. The Labute approximate surface area is 133 Å². The van der Waals surface area contributed by atoms with Gasteiger partial charge in [-0.25, -0.2) is 15.0 Å². The molecule has 1 aliphatic heterocycles. The topological polar surface area (TPSA) is 86.4 Å². The van der Waals surface area contributed by atoms with Crippen LogP contribution in [0.2, 0.25) is 0 Å². The molecule has 23 heavy (non-hydrogen) atoms. The van der Waals surface area contributed by atoms with E-state index in [2.05, 4.69) is 42.5 Å². The van der Waals surface area contributed by atoms with Crippen LogP contribution in [0.25, 0.3) is 11.0 Å². The van der Waals surface area contributed by atoms with Crippen LogP contribution < -0.4 is 4.90 Å². The van der Waals surface area contributed by atoms with Gasteiger partial charge in [0.05, 0.1) is 23.6 Å². The summed E-state index contributed by atoms with van der Waals surface area (Å²) in [7, 11) is 2.08. The Kier molecular flexibility index (Phi) is 3.23. The molecule has 7 heteroatoms. The van der Waals surface area contributed by atoms with E-state index in [9.17, 15) is 0 Å². The first-order chi connectivity index (χ1) is 11.3. The molecule has 0 spiro atoms. The van der Waals surface area contributed by atoms with Gasteiger partial charge in [-0.05, 0) is 12.5 Å². The minimum Gasteiger partial charge on any atom is -0.356 e. The van der Waals surface area contributed by atoms with Crippen LogP contribution in [0.5, 0.6) is 0 Å². The van der Waals surface area contributed by atoms with Crippen molar-refractivity contribution in [3.63, 3.8) is 0 Å². The number of hydrogen-bond donors (Lipinski definition) is 1. The second-order valence-electron chi connectivity index (χ2n) is 5.87. The van der Waals surface area contributed by atoms with Crippen LogP contribution >= 0.6 is 0 Å². The highest BCUT2D eigenvalue weighted by molar-refractivity contribution is 5.87. The molecule has 0 amide bonds. The van der Waals surface area contributed by atoms with Crippen LogP contribution in [-0.2, 0) is 19.4 Å². The van der Waals surface area contributed by atoms with Crippen molar-refractivity contribution in [2.75, 3.05) is 11.9 Å². The Bertz CT molecular complexity index is 885. The van der Waals surface area contributed by atoms with E-state index in [1.165, 1.54) is 0 Å². The van der Waals surface area contributed by atoms with Crippen molar-refractivity contribution < 1.29 is 0 Å². The highest BCUT2D eigenvalue weighted by atomic mass is 15.2. The summed E-state index contributed by atoms with van der Waals surface area (Å²) in [4.78, 5) is 18.7. The number of anilines is 1. The SMILES string of the molecule is CN(c1ncnc2[nH]ccc12)[C@H]1CCn2cc(CC#N)nc2C1. The molecule has 0 aromatic carbocycles. The largest absolute Gasteiger partial charge is 0.356 e. The smallest absolute Gasteiger partial charge is 0.142 e. The van der Waals surface area contributed by atoms with E-state index in [0.29, 0.717) is 12.5 Å². The van der Waals surface area contributed by atoms with E-state index in [-0.39, 0.29) is 0 Å². The molecule has 1 aliphatic rings. The Balaban J connectivity index is 1.61. The maximum Gasteiger partial charge on any atom is 0.142 e. The quantitative estimate of drug-likeness (QED) is 0.795. The van der Waals surface area contributed by atoms with Crippen LogP contribution in [0.4, 0.5) is 5.82 Å². The average molecular weight is 307 g/mol. The molecule has 0 fully saturated rings. The van der Waals surface area contributed by atoms with Gasteiger partial charge in [-0.3, -0.25) is 0 Å². The number of nitrogens with one attached hydrogen (secondary N) is 1. The van der Waals surface area contributed by atoms with Gasteiger partial charge in [-0.2, -0.15) is 5.26 Å². The minimum atomic E-state index is 0.341. The van der Waals surface area contributed by atoms with Crippen molar-refractivity contribution in [2.45, 2.75) is 31.8 Å². The van der Waals surface area contributed by atoms with E-state index in [4.69, 9.17) is 5.26 Å². The zero-order valence-electron chi connectivity index (χ0n) is 12.9. The summed E-state index contributed by atoms with van der Waals surface area (Å²) in [5.41, 5.74) is 1.72. The second kappa shape index (κ2) is 5.39. The molecule has 3 aromatic rings. The fourth-order valence-corrected chi connectivity index (χ4v) is 3.28.